The largest absolute Gasteiger partial charge is 0.872 e. The molecule has 0 aromatic heterocycles. The monoisotopic (exact) mass is 944 g/mol. The molecule has 0 aliphatic rings. The van der Waals surface area contributed by atoms with E-state index in [1.54, 1.807) is 54.6 Å². The molecule has 0 aliphatic heterocycles. The molecule has 0 heterocycles. The Morgan fingerprint density at radius 1 is 0.486 bits per heavy atom. The SMILES string of the molecule is CC(C)(C)Oc1c(C(=O)[O-])cccc1-c1ccccc1.CCCCCCCCc1ccc(Oc2ccccc2C(=O)[O-])cc1.O=C(O)c1ccccc1[O-].O=C([O-])c1ccccc1Oc1ccccc1. The quantitative estimate of drug-likeness (QED) is 0.0846. The third-order valence-corrected chi connectivity index (χ3v) is 10.0. The van der Waals surface area contributed by atoms with E-state index in [0.717, 1.165) is 17.5 Å². The van der Waals surface area contributed by atoms with Crippen molar-refractivity contribution in [2.45, 2.75) is 78.2 Å². The molecular formula is C58H56O12-4. The Morgan fingerprint density at radius 3 is 1.41 bits per heavy atom. The van der Waals surface area contributed by atoms with E-state index in [0.29, 0.717) is 23.0 Å². The second kappa shape index (κ2) is 28.1. The van der Waals surface area contributed by atoms with Crippen LogP contribution in [0.3, 0.4) is 0 Å². The summed E-state index contributed by atoms with van der Waals surface area (Å²) >= 11 is 0. The third kappa shape index (κ3) is 18.4. The lowest BCUT2D eigenvalue weighted by molar-refractivity contribution is -0.269. The molecule has 7 aromatic rings. The fraction of sp³-hybridized carbons (Fsp3) is 0.207. The number of hydrogen-bond donors (Lipinski definition) is 1. The van der Waals surface area contributed by atoms with Gasteiger partial charge >= 0.3 is 5.97 Å². The predicted octanol–water partition coefficient (Wildman–Crippen LogP) is 9.94. The molecule has 364 valence electrons. The van der Waals surface area contributed by atoms with Crippen molar-refractivity contribution in [3.63, 3.8) is 0 Å². The molecule has 0 fully saturated rings. The van der Waals surface area contributed by atoms with Crippen molar-refractivity contribution in [3.05, 3.63) is 204 Å². The maximum atomic E-state index is 11.3. The van der Waals surface area contributed by atoms with Crippen LogP contribution >= 0.6 is 0 Å². The minimum Gasteiger partial charge on any atom is -0.872 e. The zero-order valence-electron chi connectivity index (χ0n) is 39.6. The van der Waals surface area contributed by atoms with E-state index >= 15 is 0 Å². The first kappa shape index (κ1) is 54.2. The van der Waals surface area contributed by atoms with E-state index in [-0.39, 0.29) is 28.0 Å². The first-order chi connectivity index (χ1) is 33.6. The van der Waals surface area contributed by atoms with Gasteiger partial charge in [-0.2, -0.15) is 0 Å². The lowest BCUT2D eigenvalue weighted by Gasteiger charge is -2.26. The van der Waals surface area contributed by atoms with E-state index in [1.807, 2.05) is 99.6 Å². The highest BCUT2D eigenvalue weighted by Gasteiger charge is 2.19. The number of aromatic carboxylic acids is 4. The number of para-hydroxylation sites is 5. The zero-order chi connectivity index (χ0) is 50.9. The average Bonchev–Trinajstić information content (AvgIpc) is 3.34. The lowest BCUT2D eigenvalue weighted by atomic mass is 10.0. The van der Waals surface area contributed by atoms with Gasteiger partial charge < -0.3 is 54.1 Å². The van der Waals surface area contributed by atoms with Crippen LogP contribution in [0.15, 0.2) is 176 Å². The fourth-order valence-electron chi connectivity index (χ4n) is 6.63. The summed E-state index contributed by atoms with van der Waals surface area (Å²) in [6, 6.07) is 49.9. The molecule has 1 N–H and O–H groups in total. The van der Waals surface area contributed by atoms with Crippen LogP contribution in [-0.4, -0.2) is 34.6 Å². The summed E-state index contributed by atoms with van der Waals surface area (Å²) in [5.41, 5.74) is 2.46. The highest BCUT2D eigenvalue weighted by atomic mass is 16.5. The molecule has 0 saturated carbocycles. The molecule has 70 heavy (non-hydrogen) atoms. The molecule has 0 saturated heterocycles. The second-order valence-electron chi connectivity index (χ2n) is 16.6. The Morgan fingerprint density at radius 2 is 0.929 bits per heavy atom. The van der Waals surface area contributed by atoms with E-state index in [4.69, 9.17) is 19.3 Å². The van der Waals surface area contributed by atoms with Crippen molar-refractivity contribution in [3.8, 4) is 45.6 Å². The van der Waals surface area contributed by atoms with Gasteiger partial charge in [-0.05, 0) is 105 Å². The summed E-state index contributed by atoms with van der Waals surface area (Å²) in [6.45, 7) is 7.88. The molecule has 7 aromatic carbocycles. The van der Waals surface area contributed by atoms with E-state index in [9.17, 15) is 39.6 Å². The van der Waals surface area contributed by atoms with Crippen molar-refractivity contribution < 1.29 is 58.9 Å². The predicted molar refractivity (Wildman–Crippen MR) is 261 cm³/mol. The molecule has 0 spiro atoms. The molecular weight excluding hydrogens is 889 g/mol. The van der Waals surface area contributed by atoms with Crippen molar-refractivity contribution in [1.29, 1.82) is 0 Å². The van der Waals surface area contributed by atoms with Gasteiger partial charge in [-0.15, -0.1) is 0 Å². The van der Waals surface area contributed by atoms with Crippen LogP contribution in [0.4, 0.5) is 0 Å². The van der Waals surface area contributed by atoms with Crippen LogP contribution in [-0.2, 0) is 6.42 Å². The van der Waals surface area contributed by atoms with Gasteiger partial charge in [0.2, 0.25) is 0 Å². The van der Waals surface area contributed by atoms with Crippen LogP contribution < -0.4 is 34.6 Å². The van der Waals surface area contributed by atoms with E-state index in [2.05, 4.69) is 6.92 Å². The van der Waals surface area contributed by atoms with E-state index in [1.165, 1.54) is 86.6 Å². The zero-order valence-corrected chi connectivity index (χ0v) is 39.6. The summed E-state index contributed by atoms with van der Waals surface area (Å²) in [5, 5.41) is 52.3. The van der Waals surface area contributed by atoms with Crippen LogP contribution in [0.2, 0.25) is 0 Å². The van der Waals surface area contributed by atoms with Crippen molar-refractivity contribution >= 4 is 23.9 Å². The van der Waals surface area contributed by atoms with E-state index < -0.39 is 35.2 Å². The molecule has 0 unspecified atom stereocenters. The minimum absolute atomic E-state index is 0.0475. The normalized spacial score (nSPS) is 10.3. The number of aryl methyl sites for hydroxylation is 1. The number of ether oxygens (including phenoxy) is 3. The summed E-state index contributed by atoms with van der Waals surface area (Å²) in [4.78, 5) is 43.4. The standard InChI is InChI=1S/C21H26O3.C17H18O3.C13H10O3.C7H6O3/c1-2-3-4-5-6-7-10-17-13-15-18(16-14-17)24-20-12-9-8-11-19(20)21(22)23;1-17(2,3)20-15-13(12-8-5-4-6-9-12)10-7-11-14(15)16(18)19;14-13(15)11-8-4-5-9-12(11)16-10-6-2-1-3-7-10;8-6-4-2-1-3-5(6)7(9)10/h8-9,11-16H,2-7,10H2,1H3,(H,22,23);4-11H,1-3H3,(H,18,19);1-9H,(H,14,15);1-4,8H,(H,9,10)/p-4. The van der Waals surface area contributed by atoms with Crippen LogP contribution in [0.1, 0.15) is 113 Å². The number of rotatable bonds is 17. The molecule has 7 rings (SSSR count). The van der Waals surface area contributed by atoms with Crippen LogP contribution in [0.5, 0.6) is 34.5 Å². The molecule has 0 aliphatic carbocycles. The van der Waals surface area contributed by atoms with Gasteiger partial charge in [-0.25, -0.2) is 4.79 Å². The Labute approximate surface area is 409 Å². The molecule has 0 bridgehead atoms. The maximum absolute atomic E-state index is 11.3. The lowest BCUT2D eigenvalue weighted by Crippen LogP contribution is -2.28. The number of carboxylic acid groups (broad SMARTS) is 4. The van der Waals surface area contributed by atoms with Gasteiger partial charge in [0, 0.05) is 22.3 Å². The highest BCUT2D eigenvalue weighted by Crippen LogP contribution is 2.35. The molecule has 0 amide bonds. The summed E-state index contributed by atoms with van der Waals surface area (Å²) < 4.78 is 17.0. The number of unbranched alkanes of at least 4 members (excludes halogenated alkanes) is 5. The Kier molecular flexibility index (Phi) is 21.7. The Hall–Kier alpha value is -8.38. The van der Waals surface area contributed by atoms with Crippen molar-refractivity contribution in [1.82, 2.24) is 0 Å². The fourth-order valence-corrected chi connectivity index (χ4v) is 6.63. The molecule has 0 radical (unpaired) electrons. The molecule has 12 heteroatoms. The molecule has 0 atom stereocenters. The number of hydrogen-bond acceptors (Lipinski definition) is 11. The van der Waals surface area contributed by atoms with Gasteiger partial charge in [0.1, 0.15) is 34.3 Å². The third-order valence-electron chi connectivity index (χ3n) is 10.0. The Bertz CT molecular complexity index is 2730. The van der Waals surface area contributed by atoms with Crippen molar-refractivity contribution in [2.24, 2.45) is 0 Å². The van der Waals surface area contributed by atoms with Crippen molar-refractivity contribution in [2.75, 3.05) is 0 Å². The highest BCUT2D eigenvalue weighted by molar-refractivity contribution is 5.93. The summed E-state index contributed by atoms with van der Waals surface area (Å²) in [5.74, 6) is -3.16. The second-order valence-corrected chi connectivity index (χ2v) is 16.6. The first-order valence-corrected chi connectivity index (χ1v) is 22.8. The average molecular weight is 945 g/mol. The number of carbonyl (C=O) groups excluding carboxylic acids is 3. The first-order valence-electron chi connectivity index (χ1n) is 22.8. The number of benzene rings is 7. The number of carboxylic acids is 4. The molecule has 12 nitrogen and oxygen atoms in total. The summed E-state index contributed by atoms with van der Waals surface area (Å²) in [6.07, 6.45) is 8.81. The smallest absolute Gasteiger partial charge is 0.335 e. The number of carbonyl (C=O) groups is 4. The maximum Gasteiger partial charge on any atom is 0.335 e. The minimum atomic E-state index is -1.24. The van der Waals surface area contributed by atoms with Gasteiger partial charge in [0.25, 0.3) is 0 Å². The van der Waals surface area contributed by atoms with Crippen LogP contribution in [0, 0.1) is 0 Å². The van der Waals surface area contributed by atoms with Gasteiger partial charge in [-0.1, -0.05) is 160 Å². The van der Waals surface area contributed by atoms with Gasteiger partial charge in [0.05, 0.1) is 23.5 Å². The van der Waals surface area contributed by atoms with Gasteiger partial charge in [0.15, 0.2) is 0 Å². The topological polar surface area (TPSA) is 208 Å². The van der Waals surface area contributed by atoms with Gasteiger partial charge in [-0.3, -0.25) is 0 Å². The summed E-state index contributed by atoms with van der Waals surface area (Å²) in [7, 11) is 0. The van der Waals surface area contributed by atoms with Crippen LogP contribution in [0.25, 0.3) is 11.1 Å². The Balaban J connectivity index is 0.000000211.